The molecule has 2 aromatic carbocycles. The van der Waals surface area contributed by atoms with Crippen LogP contribution in [-0.2, 0) is 9.53 Å². The van der Waals surface area contributed by atoms with Crippen LogP contribution in [0.1, 0.15) is 10.4 Å². The Morgan fingerprint density at radius 3 is 2.45 bits per heavy atom. The zero-order valence-corrected chi connectivity index (χ0v) is 11.1. The smallest absolute Gasteiger partial charge is 0.338 e. The zero-order chi connectivity index (χ0) is 16.1. The molecule has 0 fully saturated rings. The van der Waals surface area contributed by atoms with E-state index in [0.29, 0.717) is 0 Å². The van der Waals surface area contributed by atoms with E-state index in [0.717, 1.165) is 30.3 Å². The molecule has 2 aromatic rings. The second-order valence-electron chi connectivity index (χ2n) is 4.26. The van der Waals surface area contributed by atoms with Crippen molar-refractivity contribution < 1.29 is 27.5 Å². The third-order valence-electron chi connectivity index (χ3n) is 2.60. The van der Waals surface area contributed by atoms with Crippen LogP contribution in [0.5, 0.6) is 0 Å². The molecule has 7 heteroatoms. The summed E-state index contributed by atoms with van der Waals surface area (Å²) in [5.74, 6) is -3.94. The average Bonchev–Trinajstić information content (AvgIpc) is 2.48. The summed E-state index contributed by atoms with van der Waals surface area (Å²) in [6.07, 6.45) is 0. The lowest BCUT2D eigenvalue weighted by molar-refractivity contribution is -0.119. The highest BCUT2D eigenvalue weighted by atomic mass is 19.1. The van der Waals surface area contributed by atoms with Crippen molar-refractivity contribution >= 4 is 17.6 Å². The first-order valence-corrected chi connectivity index (χ1v) is 6.13. The molecule has 0 atom stereocenters. The van der Waals surface area contributed by atoms with Crippen LogP contribution in [0.25, 0.3) is 0 Å². The Hall–Kier alpha value is -2.83. The topological polar surface area (TPSA) is 55.4 Å². The standard InChI is InChI=1S/C15H10F3NO3/c16-10-3-1-2-9(6-10)15(21)22-8-14(20)19-13-7-11(17)4-5-12(13)18/h1-7H,8H2,(H,19,20). The van der Waals surface area contributed by atoms with Gasteiger partial charge in [-0.05, 0) is 30.3 Å². The number of benzene rings is 2. The van der Waals surface area contributed by atoms with Gasteiger partial charge in [-0.15, -0.1) is 0 Å². The second-order valence-corrected chi connectivity index (χ2v) is 4.26. The van der Waals surface area contributed by atoms with Gasteiger partial charge in [-0.25, -0.2) is 18.0 Å². The van der Waals surface area contributed by atoms with Crippen LogP contribution in [-0.4, -0.2) is 18.5 Å². The van der Waals surface area contributed by atoms with Gasteiger partial charge in [-0.3, -0.25) is 4.79 Å². The zero-order valence-electron chi connectivity index (χ0n) is 11.1. The minimum atomic E-state index is -0.908. The summed E-state index contributed by atoms with van der Waals surface area (Å²) in [7, 11) is 0. The van der Waals surface area contributed by atoms with E-state index in [2.05, 4.69) is 10.1 Å². The molecule has 0 unspecified atom stereocenters. The van der Waals surface area contributed by atoms with Crippen LogP contribution >= 0.6 is 0 Å². The lowest BCUT2D eigenvalue weighted by Crippen LogP contribution is -2.21. The Morgan fingerprint density at radius 2 is 1.73 bits per heavy atom. The number of nitrogens with one attached hydrogen (secondary N) is 1. The van der Waals surface area contributed by atoms with Crippen molar-refractivity contribution in [2.75, 3.05) is 11.9 Å². The highest BCUT2D eigenvalue weighted by Gasteiger charge is 2.12. The minimum absolute atomic E-state index is 0.0651. The summed E-state index contributed by atoms with van der Waals surface area (Å²) >= 11 is 0. The van der Waals surface area contributed by atoms with Gasteiger partial charge in [0.1, 0.15) is 17.5 Å². The molecule has 1 N–H and O–H groups in total. The number of ether oxygens (including phenoxy) is 1. The normalized spacial score (nSPS) is 10.1. The number of carbonyl (C=O) groups excluding carboxylic acids is 2. The second kappa shape index (κ2) is 6.75. The maximum absolute atomic E-state index is 13.3. The van der Waals surface area contributed by atoms with Gasteiger partial charge in [0.05, 0.1) is 11.3 Å². The highest BCUT2D eigenvalue weighted by Crippen LogP contribution is 2.15. The molecule has 0 aliphatic heterocycles. The monoisotopic (exact) mass is 309 g/mol. The predicted molar refractivity (Wildman–Crippen MR) is 71.7 cm³/mol. The van der Waals surface area contributed by atoms with Gasteiger partial charge in [0, 0.05) is 6.07 Å². The largest absolute Gasteiger partial charge is 0.452 e. The van der Waals surface area contributed by atoms with E-state index in [1.54, 1.807) is 0 Å². The number of carbonyl (C=O) groups is 2. The molecule has 2 rings (SSSR count). The molecular formula is C15H10F3NO3. The molecule has 0 aliphatic rings. The van der Waals surface area contributed by atoms with Crippen molar-refractivity contribution in [3.63, 3.8) is 0 Å². The number of anilines is 1. The molecule has 0 aromatic heterocycles. The maximum Gasteiger partial charge on any atom is 0.338 e. The molecule has 4 nitrogen and oxygen atoms in total. The first-order chi connectivity index (χ1) is 10.5. The Balaban J connectivity index is 1.93. The van der Waals surface area contributed by atoms with Gasteiger partial charge in [0.15, 0.2) is 6.61 Å². The van der Waals surface area contributed by atoms with Crippen LogP contribution in [0.4, 0.5) is 18.9 Å². The molecular weight excluding hydrogens is 299 g/mol. The molecule has 0 saturated carbocycles. The van der Waals surface area contributed by atoms with Crippen molar-refractivity contribution in [2.24, 2.45) is 0 Å². The number of hydrogen-bond acceptors (Lipinski definition) is 3. The van der Waals surface area contributed by atoms with Crippen molar-refractivity contribution in [3.05, 3.63) is 65.5 Å². The number of halogens is 3. The summed E-state index contributed by atoms with van der Waals surface area (Å²) in [4.78, 5) is 23.1. The summed E-state index contributed by atoms with van der Waals surface area (Å²) in [6, 6.07) is 7.27. The maximum atomic E-state index is 13.3. The number of hydrogen-bond donors (Lipinski definition) is 1. The van der Waals surface area contributed by atoms with Gasteiger partial charge >= 0.3 is 5.97 Å². The van der Waals surface area contributed by atoms with Crippen LogP contribution < -0.4 is 5.32 Å². The SMILES string of the molecule is O=C(COC(=O)c1cccc(F)c1)Nc1cc(F)ccc1F. The summed E-state index contributed by atoms with van der Waals surface area (Å²) in [5, 5.41) is 2.06. The Kier molecular flexibility index (Phi) is 4.77. The lowest BCUT2D eigenvalue weighted by Gasteiger charge is -2.07. The third kappa shape index (κ3) is 4.08. The first-order valence-electron chi connectivity index (χ1n) is 6.13. The molecule has 0 aliphatic carbocycles. The van der Waals surface area contributed by atoms with Gasteiger partial charge in [0.25, 0.3) is 5.91 Å². The molecule has 0 radical (unpaired) electrons. The van der Waals surface area contributed by atoms with Gasteiger partial charge < -0.3 is 10.1 Å². The third-order valence-corrected chi connectivity index (χ3v) is 2.60. The molecule has 0 heterocycles. The van der Waals surface area contributed by atoms with E-state index >= 15 is 0 Å². The van der Waals surface area contributed by atoms with Gasteiger partial charge in [-0.1, -0.05) is 6.07 Å². The fraction of sp³-hybridized carbons (Fsp3) is 0.0667. The fourth-order valence-corrected chi connectivity index (χ4v) is 1.61. The van der Waals surface area contributed by atoms with Gasteiger partial charge in [-0.2, -0.15) is 0 Å². The van der Waals surface area contributed by atoms with E-state index in [4.69, 9.17) is 0 Å². The van der Waals surface area contributed by atoms with Crippen LogP contribution in [0, 0.1) is 17.5 Å². The van der Waals surface area contributed by atoms with Crippen LogP contribution in [0.2, 0.25) is 0 Å². The molecule has 1 amide bonds. The van der Waals surface area contributed by atoms with Gasteiger partial charge in [0.2, 0.25) is 0 Å². The Labute approximate surface area is 123 Å². The van der Waals surface area contributed by atoms with Crippen molar-refractivity contribution in [1.29, 1.82) is 0 Å². The van der Waals surface area contributed by atoms with Crippen molar-refractivity contribution in [1.82, 2.24) is 0 Å². The Morgan fingerprint density at radius 1 is 1.00 bits per heavy atom. The molecule has 0 bridgehead atoms. The first kappa shape index (κ1) is 15.6. The van der Waals surface area contributed by atoms with E-state index < -0.39 is 35.9 Å². The molecule has 0 saturated heterocycles. The summed E-state index contributed by atoms with van der Waals surface area (Å²) in [6.45, 7) is -0.717. The van der Waals surface area contributed by atoms with Crippen LogP contribution in [0.15, 0.2) is 42.5 Å². The quantitative estimate of drug-likeness (QED) is 0.884. The number of esters is 1. The molecule has 22 heavy (non-hydrogen) atoms. The van der Waals surface area contributed by atoms with Crippen LogP contribution in [0.3, 0.4) is 0 Å². The predicted octanol–water partition coefficient (Wildman–Crippen LogP) is 2.90. The number of amides is 1. The minimum Gasteiger partial charge on any atom is -0.452 e. The van der Waals surface area contributed by atoms with E-state index in [9.17, 15) is 22.8 Å². The molecule has 114 valence electrons. The van der Waals surface area contributed by atoms with Crippen molar-refractivity contribution in [2.45, 2.75) is 0 Å². The lowest BCUT2D eigenvalue weighted by atomic mass is 10.2. The van der Waals surface area contributed by atoms with Crippen molar-refractivity contribution in [3.8, 4) is 0 Å². The van der Waals surface area contributed by atoms with E-state index in [1.165, 1.54) is 12.1 Å². The van der Waals surface area contributed by atoms with E-state index in [-0.39, 0.29) is 11.3 Å². The fourth-order valence-electron chi connectivity index (χ4n) is 1.61. The highest BCUT2D eigenvalue weighted by molar-refractivity contribution is 5.95. The number of rotatable bonds is 4. The average molecular weight is 309 g/mol. The Bertz CT molecular complexity index is 719. The summed E-state index contributed by atoms with van der Waals surface area (Å²) < 4.78 is 43.8. The van der Waals surface area contributed by atoms with E-state index in [1.807, 2.05) is 0 Å². The summed E-state index contributed by atoms with van der Waals surface area (Å²) in [5.41, 5.74) is -0.434. The molecule has 0 spiro atoms.